The van der Waals surface area contributed by atoms with Gasteiger partial charge in [-0.2, -0.15) is 0 Å². The summed E-state index contributed by atoms with van der Waals surface area (Å²) < 4.78 is 1.92. The molecule has 0 spiro atoms. The summed E-state index contributed by atoms with van der Waals surface area (Å²) in [6, 6.07) is 0. The van der Waals surface area contributed by atoms with E-state index < -0.39 is 0 Å². The molecule has 2 heterocycles. The molecule has 6 heteroatoms. The number of amides is 1. The van der Waals surface area contributed by atoms with Crippen LogP contribution >= 0.6 is 0 Å². The molecule has 2 aromatic rings. The monoisotopic (exact) mass is 301 g/mol. The molecule has 0 bridgehead atoms. The Morgan fingerprint density at radius 3 is 2.59 bits per heavy atom. The van der Waals surface area contributed by atoms with E-state index in [1.165, 1.54) is 12.8 Å². The number of anilines is 1. The van der Waals surface area contributed by atoms with Crippen molar-refractivity contribution in [3.05, 3.63) is 23.3 Å². The van der Waals surface area contributed by atoms with Crippen molar-refractivity contribution in [2.45, 2.75) is 46.1 Å². The van der Waals surface area contributed by atoms with Gasteiger partial charge in [0.1, 0.15) is 5.82 Å². The Balaban J connectivity index is 2.05. The average molecular weight is 301 g/mol. The molecule has 1 aliphatic rings. The van der Waals surface area contributed by atoms with Gasteiger partial charge in [-0.25, -0.2) is 9.97 Å². The third-order valence-corrected chi connectivity index (χ3v) is 4.45. The molecule has 0 atom stereocenters. The van der Waals surface area contributed by atoms with Crippen molar-refractivity contribution in [2.24, 2.45) is 5.92 Å². The summed E-state index contributed by atoms with van der Waals surface area (Å²) in [6.07, 6.45) is 4.28. The number of nitrogens with one attached hydrogen (secondary N) is 2. The number of imidazole rings is 1. The lowest BCUT2D eigenvalue weighted by molar-refractivity contribution is 0.0899. The predicted molar refractivity (Wildman–Crippen MR) is 86.3 cm³/mol. The van der Waals surface area contributed by atoms with Crippen molar-refractivity contribution in [3.63, 3.8) is 0 Å². The average Bonchev–Trinajstić information content (AvgIpc) is 3.22. The lowest BCUT2D eigenvalue weighted by Crippen LogP contribution is -2.45. The Morgan fingerprint density at radius 1 is 1.32 bits per heavy atom. The molecule has 0 aliphatic heterocycles. The number of fused-ring (bicyclic) bond motifs is 1. The number of carbonyl (C=O) groups is 1. The molecule has 2 N–H and O–H groups in total. The van der Waals surface area contributed by atoms with Crippen LogP contribution in [0.1, 0.15) is 48.6 Å². The molecule has 1 amide bonds. The molecule has 0 unspecified atom stereocenters. The molecular formula is C16H23N5O. The van der Waals surface area contributed by atoms with E-state index in [-0.39, 0.29) is 11.4 Å². The van der Waals surface area contributed by atoms with Crippen molar-refractivity contribution in [2.75, 3.05) is 12.4 Å². The first kappa shape index (κ1) is 14.8. The highest BCUT2D eigenvalue weighted by molar-refractivity contribution is 5.98. The molecule has 118 valence electrons. The largest absolute Gasteiger partial charge is 0.372 e. The SMILES string of the molecule is CNc1nc(C(=O)NC(C)(C)C2CC2)c2nc(C)cn2c1C. The van der Waals surface area contributed by atoms with Gasteiger partial charge in [0.25, 0.3) is 5.91 Å². The minimum absolute atomic E-state index is 0.163. The molecule has 22 heavy (non-hydrogen) atoms. The lowest BCUT2D eigenvalue weighted by atomic mass is 9.98. The molecule has 3 rings (SSSR count). The van der Waals surface area contributed by atoms with E-state index >= 15 is 0 Å². The Kier molecular flexibility index (Phi) is 3.34. The van der Waals surface area contributed by atoms with Gasteiger partial charge in [0.05, 0.1) is 11.4 Å². The van der Waals surface area contributed by atoms with Crippen LogP contribution in [0.25, 0.3) is 5.65 Å². The Hall–Kier alpha value is -2.11. The van der Waals surface area contributed by atoms with Crippen LogP contribution in [0.15, 0.2) is 6.20 Å². The number of aryl methyl sites for hydroxylation is 2. The molecule has 0 aromatic carbocycles. The summed E-state index contributed by atoms with van der Waals surface area (Å²) in [4.78, 5) is 21.7. The van der Waals surface area contributed by atoms with Crippen molar-refractivity contribution in [3.8, 4) is 0 Å². The minimum atomic E-state index is -0.206. The van der Waals surface area contributed by atoms with Crippen molar-refractivity contribution in [1.82, 2.24) is 19.7 Å². The van der Waals surface area contributed by atoms with Crippen molar-refractivity contribution >= 4 is 17.4 Å². The number of nitrogens with zero attached hydrogens (tertiary/aromatic N) is 3. The van der Waals surface area contributed by atoms with Crippen LogP contribution in [0.3, 0.4) is 0 Å². The van der Waals surface area contributed by atoms with E-state index in [1.54, 1.807) is 7.05 Å². The van der Waals surface area contributed by atoms with E-state index in [9.17, 15) is 4.79 Å². The van der Waals surface area contributed by atoms with Crippen LogP contribution in [-0.4, -0.2) is 32.9 Å². The van der Waals surface area contributed by atoms with Gasteiger partial charge < -0.3 is 10.6 Å². The quantitative estimate of drug-likeness (QED) is 0.909. The second-order valence-electron chi connectivity index (χ2n) is 6.67. The Morgan fingerprint density at radius 2 is 2.00 bits per heavy atom. The second kappa shape index (κ2) is 4.97. The lowest BCUT2D eigenvalue weighted by Gasteiger charge is -2.26. The molecule has 1 aliphatic carbocycles. The van der Waals surface area contributed by atoms with Crippen molar-refractivity contribution < 1.29 is 4.79 Å². The fourth-order valence-corrected chi connectivity index (χ4v) is 2.93. The van der Waals surface area contributed by atoms with Crippen LogP contribution in [0.2, 0.25) is 0 Å². The topological polar surface area (TPSA) is 71.3 Å². The van der Waals surface area contributed by atoms with Crippen LogP contribution in [-0.2, 0) is 0 Å². The van der Waals surface area contributed by atoms with Crippen LogP contribution in [0, 0.1) is 19.8 Å². The summed E-state index contributed by atoms with van der Waals surface area (Å²) >= 11 is 0. The minimum Gasteiger partial charge on any atom is -0.372 e. The van der Waals surface area contributed by atoms with Crippen LogP contribution in [0.5, 0.6) is 0 Å². The van der Waals surface area contributed by atoms with E-state index in [2.05, 4.69) is 34.4 Å². The van der Waals surface area contributed by atoms with Crippen molar-refractivity contribution in [1.29, 1.82) is 0 Å². The van der Waals surface area contributed by atoms with Gasteiger partial charge in [-0.15, -0.1) is 0 Å². The van der Waals surface area contributed by atoms with E-state index in [0.29, 0.717) is 23.1 Å². The molecule has 0 radical (unpaired) electrons. The zero-order valence-electron chi connectivity index (χ0n) is 13.8. The maximum absolute atomic E-state index is 12.7. The van der Waals surface area contributed by atoms with Gasteiger partial charge in [0.2, 0.25) is 0 Å². The van der Waals surface area contributed by atoms with Crippen LogP contribution in [0.4, 0.5) is 5.82 Å². The third kappa shape index (κ3) is 2.42. The van der Waals surface area contributed by atoms with E-state index in [1.807, 2.05) is 24.4 Å². The van der Waals surface area contributed by atoms with E-state index in [0.717, 1.165) is 11.4 Å². The fraction of sp³-hybridized carbons (Fsp3) is 0.562. The summed E-state index contributed by atoms with van der Waals surface area (Å²) in [5.74, 6) is 1.09. The predicted octanol–water partition coefficient (Wildman–Crippen LogP) is 2.31. The maximum atomic E-state index is 12.7. The summed E-state index contributed by atoms with van der Waals surface area (Å²) in [5.41, 5.74) is 2.59. The molecule has 1 fully saturated rings. The van der Waals surface area contributed by atoms with Gasteiger partial charge >= 0.3 is 0 Å². The first-order chi connectivity index (χ1) is 10.3. The zero-order chi connectivity index (χ0) is 16.1. The van der Waals surface area contributed by atoms with Gasteiger partial charge in [0, 0.05) is 18.8 Å². The highest BCUT2D eigenvalue weighted by Gasteiger charge is 2.39. The fourth-order valence-electron chi connectivity index (χ4n) is 2.93. The summed E-state index contributed by atoms with van der Waals surface area (Å²) in [5, 5.41) is 6.17. The van der Waals surface area contributed by atoms with Gasteiger partial charge in [-0.3, -0.25) is 9.20 Å². The smallest absolute Gasteiger partial charge is 0.274 e. The summed E-state index contributed by atoms with van der Waals surface area (Å²) in [6.45, 7) is 8.03. The first-order valence-corrected chi connectivity index (χ1v) is 7.70. The second-order valence-corrected chi connectivity index (χ2v) is 6.67. The van der Waals surface area contributed by atoms with Gasteiger partial charge in [-0.05, 0) is 46.5 Å². The first-order valence-electron chi connectivity index (χ1n) is 7.70. The molecular weight excluding hydrogens is 278 g/mol. The zero-order valence-corrected chi connectivity index (χ0v) is 13.8. The summed E-state index contributed by atoms with van der Waals surface area (Å²) in [7, 11) is 1.81. The molecule has 6 nitrogen and oxygen atoms in total. The number of carbonyl (C=O) groups excluding carboxylic acids is 1. The highest BCUT2D eigenvalue weighted by atomic mass is 16.2. The molecule has 0 saturated heterocycles. The number of hydrogen-bond acceptors (Lipinski definition) is 4. The number of hydrogen-bond donors (Lipinski definition) is 2. The molecule has 2 aromatic heterocycles. The normalized spacial score (nSPS) is 15.1. The standard InChI is InChI=1S/C16H23N5O/c1-9-8-21-10(2)13(17-5)19-12(14(21)18-9)15(22)20-16(3,4)11-6-7-11/h8,11,17H,6-7H2,1-5H3,(H,20,22). The Labute approximate surface area is 130 Å². The van der Waals surface area contributed by atoms with Gasteiger partial charge in [0.15, 0.2) is 11.3 Å². The molecule has 1 saturated carbocycles. The highest BCUT2D eigenvalue weighted by Crippen LogP contribution is 2.39. The number of rotatable bonds is 4. The Bertz CT molecular complexity index is 743. The van der Waals surface area contributed by atoms with Gasteiger partial charge in [-0.1, -0.05) is 0 Å². The van der Waals surface area contributed by atoms with Crippen LogP contribution < -0.4 is 10.6 Å². The maximum Gasteiger partial charge on any atom is 0.274 e. The third-order valence-electron chi connectivity index (χ3n) is 4.45. The number of aromatic nitrogens is 3. The van der Waals surface area contributed by atoms with E-state index in [4.69, 9.17) is 0 Å².